The molecule has 33 heavy (non-hydrogen) atoms. The zero-order valence-corrected chi connectivity index (χ0v) is 19.6. The number of hydrogen-bond acceptors (Lipinski definition) is 10. The third-order valence-corrected chi connectivity index (χ3v) is 4.02. The van der Waals surface area contributed by atoms with Crippen LogP contribution in [-0.4, -0.2) is 74.2 Å². The molecule has 0 aliphatic rings. The summed E-state index contributed by atoms with van der Waals surface area (Å²) in [6, 6.07) is -2.31. The number of amides is 2. The standard InChI is InChI=1S/C21H34N2O10/c1-5-30-18(26)11-9-14(20(28)32-7-3)22-16(24)13-17(25)23-15(21(29)33-8-4)10-12-19(27)31-6-2/h14-15H,5-13H2,1-4H3,(H,22,24)(H,23,25)/t14-,15-/m0/s1. The van der Waals surface area contributed by atoms with E-state index in [1.54, 1.807) is 27.7 Å². The molecule has 0 aliphatic carbocycles. The average molecular weight is 475 g/mol. The molecular formula is C21H34N2O10. The average Bonchev–Trinajstić information content (AvgIpc) is 2.74. The van der Waals surface area contributed by atoms with Crippen LogP contribution in [0.3, 0.4) is 0 Å². The highest BCUT2D eigenvalue weighted by Gasteiger charge is 2.27. The Morgan fingerprint density at radius 1 is 0.576 bits per heavy atom. The monoisotopic (exact) mass is 474 g/mol. The second-order valence-corrected chi connectivity index (χ2v) is 6.61. The van der Waals surface area contributed by atoms with E-state index in [4.69, 9.17) is 18.9 Å². The first-order valence-electron chi connectivity index (χ1n) is 10.9. The maximum Gasteiger partial charge on any atom is 0.328 e. The van der Waals surface area contributed by atoms with E-state index >= 15 is 0 Å². The van der Waals surface area contributed by atoms with Gasteiger partial charge in [0.05, 0.1) is 26.4 Å². The van der Waals surface area contributed by atoms with Gasteiger partial charge in [-0.2, -0.15) is 0 Å². The van der Waals surface area contributed by atoms with Gasteiger partial charge in [0, 0.05) is 12.8 Å². The third-order valence-electron chi connectivity index (χ3n) is 4.02. The topological polar surface area (TPSA) is 163 Å². The van der Waals surface area contributed by atoms with Crippen molar-refractivity contribution in [1.29, 1.82) is 0 Å². The lowest BCUT2D eigenvalue weighted by Gasteiger charge is -2.19. The summed E-state index contributed by atoms with van der Waals surface area (Å²) >= 11 is 0. The first kappa shape index (κ1) is 29.8. The Balaban J connectivity index is 4.96. The Kier molecular flexibility index (Phi) is 15.7. The fourth-order valence-corrected chi connectivity index (χ4v) is 2.61. The van der Waals surface area contributed by atoms with Crippen molar-refractivity contribution >= 4 is 35.7 Å². The first-order valence-corrected chi connectivity index (χ1v) is 10.9. The molecule has 0 aromatic rings. The summed E-state index contributed by atoms with van der Waals surface area (Å²) in [7, 11) is 0. The summed E-state index contributed by atoms with van der Waals surface area (Å²) in [6.45, 7) is 6.91. The molecule has 0 heterocycles. The van der Waals surface area contributed by atoms with E-state index in [-0.39, 0.29) is 52.1 Å². The second-order valence-electron chi connectivity index (χ2n) is 6.61. The van der Waals surface area contributed by atoms with E-state index in [0.717, 1.165) is 0 Å². The minimum atomic E-state index is -1.15. The summed E-state index contributed by atoms with van der Waals surface area (Å²) in [4.78, 5) is 71.8. The van der Waals surface area contributed by atoms with E-state index in [2.05, 4.69) is 10.6 Å². The predicted molar refractivity (Wildman–Crippen MR) is 113 cm³/mol. The fourth-order valence-electron chi connectivity index (χ4n) is 2.61. The molecule has 0 bridgehead atoms. The van der Waals surface area contributed by atoms with Gasteiger partial charge in [0.1, 0.15) is 18.5 Å². The van der Waals surface area contributed by atoms with Crippen LogP contribution in [0.4, 0.5) is 0 Å². The van der Waals surface area contributed by atoms with Crippen LogP contribution in [0.5, 0.6) is 0 Å². The van der Waals surface area contributed by atoms with Gasteiger partial charge in [0.2, 0.25) is 11.8 Å². The molecule has 0 fully saturated rings. The Bertz CT molecular complexity index is 624. The minimum Gasteiger partial charge on any atom is -0.466 e. The summed E-state index contributed by atoms with van der Waals surface area (Å²) < 4.78 is 19.4. The van der Waals surface area contributed by atoms with E-state index < -0.39 is 54.2 Å². The van der Waals surface area contributed by atoms with Crippen LogP contribution in [-0.2, 0) is 47.7 Å². The number of carbonyl (C=O) groups is 6. The lowest BCUT2D eigenvalue weighted by Crippen LogP contribution is -2.46. The van der Waals surface area contributed by atoms with Gasteiger partial charge in [0.25, 0.3) is 0 Å². The minimum absolute atomic E-state index is 0.0623. The molecule has 0 aromatic heterocycles. The maximum atomic E-state index is 12.3. The van der Waals surface area contributed by atoms with Crippen LogP contribution in [0.2, 0.25) is 0 Å². The van der Waals surface area contributed by atoms with Crippen molar-refractivity contribution in [2.24, 2.45) is 0 Å². The number of rotatable bonds is 16. The number of esters is 4. The lowest BCUT2D eigenvalue weighted by molar-refractivity contribution is -0.149. The second kappa shape index (κ2) is 17.4. The molecule has 2 amide bonds. The molecule has 0 aromatic carbocycles. The smallest absolute Gasteiger partial charge is 0.328 e. The predicted octanol–water partition coefficient (Wildman–Crippen LogP) is 0.159. The van der Waals surface area contributed by atoms with Crippen LogP contribution < -0.4 is 10.6 Å². The van der Waals surface area contributed by atoms with Gasteiger partial charge in [-0.3, -0.25) is 19.2 Å². The van der Waals surface area contributed by atoms with Crippen molar-refractivity contribution in [2.75, 3.05) is 26.4 Å². The molecule has 0 radical (unpaired) electrons. The molecule has 0 rings (SSSR count). The van der Waals surface area contributed by atoms with Crippen molar-refractivity contribution in [1.82, 2.24) is 10.6 Å². The quantitative estimate of drug-likeness (QED) is 0.179. The van der Waals surface area contributed by atoms with Gasteiger partial charge >= 0.3 is 23.9 Å². The van der Waals surface area contributed by atoms with E-state index in [1.807, 2.05) is 0 Å². The third kappa shape index (κ3) is 13.8. The maximum absolute atomic E-state index is 12.3. The Labute approximate surface area is 193 Å². The molecule has 2 atom stereocenters. The summed E-state index contributed by atoms with van der Waals surface area (Å²) in [5, 5.41) is 4.70. The molecule has 0 unspecified atom stereocenters. The highest BCUT2D eigenvalue weighted by atomic mass is 16.5. The number of ether oxygens (including phenoxy) is 4. The van der Waals surface area contributed by atoms with Crippen LogP contribution in [0, 0.1) is 0 Å². The van der Waals surface area contributed by atoms with Gasteiger partial charge in [-0.1, -0.05) is 0 Å². The molecule has 2 N–H and O–H groups in total. The van der Waals surface area contributed by atoms with Gasteiger partial charge < -0.3 is 29.6 Å². The lowest BCUT2D eigenvalue weighted by atomic mass is 10.1. The Morgan fingerprint density at radius 3 is 1.21 bits per heavy atom. The van der Waals surface area contributed by atoms with E-state index in [1.165, 1.54) is 0 Å². The summed E-state index contributed by atoms with van der Waals surface area (Å²) in [5.74, 6) is -4.23. The highest BCUT2D eigenvalue weighted by Crippen LogP contribution is 2.05. The zero-order valence-electron chi connectivity index (χ0n) is 19.6. The van der Waals surface area contributed by atoms with Crippen LogP contribution in [0.25, 0.3) is 0 Å². The van der Waals surface area contributed by atoms with Gasteiger partial charge in [-0.15, -0.1) is 0 Å². The first-order chi connectivity index (χ1) is 15.7. The molecule has 188 valence electrons. The number of nitrogens with one attached hydrogen (secondary N) is 2. The SMILES string of the molecule is CCOC(=O)CC[C@H](NC(=O)CC(=O)N[C@@H](CCC(=O)OCC)C(=O)OCC)C(=O)OCC. The molecule has 0 saturated carbocycles. The van der Waals surface area contributed by atoms with Crippen molar-refractivity contribution in [3.63, 3.8) is 0 Å². The largest absolute Gasteiger partial charge is 0.466 e. The molecule has 0 saturated heterocycles. The number of carbonyl (C=O) groups excluding carboxylic acids is 6. The zero-order chi connectivity index (χ0) is 25.2. The normalized spacial score (nSPS) is 12.0. The van der Waals surface area contributed by atoms with Gasteiger partial charge in [-0.25, -0.2) is 9.59 Å². The van der Waals surface area contributed by atoms with Crippen molar-refractivity contribution in [3.05, 3.63) is 0 Å². The molecule has 0 aliphatic heterocycles. The van der Waals surface area contributed by atoms with E-state index in [9.17, 15) is 28.8 Å². The van der Waals surface area contributed by atoms with Crippen LogP contribution in [0.1, 0.15) is 59.8 Å². The van der Waals surface area contributed by atoms with E-state index in [0.29, 0.717) is 0 Å². The molecule has 12 nitrogen and oxygen atoms in total. The van der Waals surface area contributed by atoms with Gasteiger partial charge in [0.15, 0.2) is 0 Å². The molecular weight excluding hydrogens is 440 g/mol. The van der Waals surface area contributed by atoms with Gasteiger partial charge in [-0.05, 0) is 40.5 Å². The fraction of sp³-hybridized carbons (Fsp3) is 0.714. The summed E-state index contributed by atoms with van der Waals surface area (Å²) in [5.41, 5.74) is 0. The Morgan fingerprint density at radius 2 is 0.909 bits per heavy atom. The Hall–Kier alpha value is -3.18. The van der Waals surface area contributed by atoms with Crippen molar-refractivity contribution < 1.29 is 47.7 Å². The van der Waals surface area contributed by atoms with Crippen molar-refractivity contribution in [3.8, 4) is 0 Å². The highest BCUT2D eigenvalue weighted by molar-refractivity contribution is 5.99. The summed E-state index contributed by atoms with van der Waals surface area (Å²) in [6.07, 6.45) is -1.12. The van der Waals surface area contributed by atoms with Crippen LogP contribution in [0.15, 0.2) is 0 Å². The van der Waals surface area contributed by atoms with Crippen LogP contribution >= 0.6 is 0 Å². The molecule has 12 heteroatoms. The van der Waals surface area contributed by atoms with Crippen molar-refractivity contribution in [2.45, 2.75) is 71.9 Å². The number of hydrogen-bond donors (Lipinski definition) is 2. The molecule has 0 spiro atoms.